The Labute approximate surface area is 117 Å². The Kier molecular flexibility index (Phi) is 5.25. The van der Waals surface area contributed by atoms with Crippen LogP contribution in [-0.2, 0) is 0 Å². The Hall–Kier alpha value is -0.350. The third-order valence-corrected chi connectivity index (χ3v) is 4.50. The lowest BCUT2D eigenvalue weighted by atomic mass is 9.96. The highest BCUT2D eigenvalue weighted by Gasteiger charge is 2.28. The minimum absolute atomic E-state index is 0.614. The summed E-state index contributed by atoms with van der Waals surface area (Å²) in [6.45, 7) is 2.25. The van der Waals surface area contributed by atoms with Gasteiger partial charge in [-0.25, -0.2) is 0 Å². The Balaban J connectivity index is 1.83. The average molecular weight is 269 g/mol. The molecule has 0 aromatic heterocycles. The SMILES string of the molecule is CN(C)CC1CCCN1C(=S)NC1CCCCC1. The molecule has 1 saturated carbocycles. The van der Waals surface area contributed by atoms with E-state index in [-0.39, 0.29) is 0 Å². The summed E-state index contributed by atoms with van der Waals surface area (Å²) < 4.78 is 0. The molecule has 3 nitrogen and oxygen atoms in total. The fourth-order valence-electron chi connectivity index (χ4n) is 3.22. The van der Waals surface area contributed by atoms with E-state index in [1.54, 1.807) is 0 Å². The molecule has 4 heteroatoms. The van der Waals surface area contributed by atoms with Crippen LogP contribution in [0.2, 0.25) is 0 Å². The van der Waals surface area contributed by atoms with E-state index in [2.05, 4.69) is 29.2 Å². The maximum atomic E-state index is 5.62. The summed E-state index contributed by atoms with van der Waals surface area (Å²) >= 11 is 5.62. The van der Waals surface area contributed by atoms with Crippen LogP contribution in [0.25, 0.3) is 0 Å². The third kappa shape index (κ3) is 3.82. The van der Waals surface area contributed by atoms with Crippen LogP contribution in [0.3, 0.4) is 0 Å². The number of hydrogen-bond donors (Lipinski definition) is 1. The monoisotopic (exact) mass is 269 g/mol. The molecule has 0 radical (unpaired) electrons. The van der Waals surface area contributed by atoms with Gasteiger partial charge in [-0.05, 0) is 52.0 Å². The van der Waals surface area contributed by atoms with Crippen molar-refractivity contribution in [3.63, 3.8) is 0 Å². The normalized spacial score (nSPS) is 25.7. The van der Waals surface area contributed by atoms with Gasteiger partial charge in [0, 0.05) is 25.2 Å². The average Bonchev–Trinajstić information content (AvgIpc) is 2.77. The lowest BCUT2D eigenvalue weighted by Crippen LogP contribution is -2.49. The summed E-state index contributed by atoms with van der Waals surface area (Å²) in [7, 11) is 4.29. The molecule has 1 aliphatic carbocycles. The van der Waals surface area contributed by atoms with Gasteiger partial charge in [0.25, 0.3) is 0 Å². The zero-order chi connectivity index (χ0) is 13.0. The molecule has 1 saturated heterocycles. The van der Waals surface area contributed by atoms with Crippen molar-refractivity contribution in [2.45, 2.75) is 57.0 Å². The Morgan fingerprint density at radius 2 is 1.89 bits per heavy atom. The molecule has 1 heterocycles. The largest absolute Gasteiger partial charge is 0.360 e. The van der Waals surface area contributed by atoms with E-state index in [0.717, 1.165) is 18.2 Å². The lowest BCUT2D eigenvalue weighted by Gasteiger charge is -2.33. The summed E-state index contributed by atoms with van der Waals surface area (Å²) in [4.78, 5) is 4.69. The lowest BCUT2D eigenvalue weighted by molar-refractivity contribution is 0.279. The second kappa shape index (κ2) is 6.71. The molecule has 0 spiro atoms. The van der Waals surface area contributed by atoms with Crippen molar-refractivity contribution in [3.8, 4) is 0 Å². The maximum absolute atomic E-state index is 5.62. The van der Waals surface area contributed by atoms with Crippen LogP contribution in [0.15, 0.2) is 0 Å². The number of likely N-dealkylation sites (tertiary alicyclic amines) is 1. The fraction of sp³-hybridized carbons (Fsp3) is 0.929. The molecule has 0 aromatic rings. The van der Waals surface area contributed by atoms with Crippen molar-refractivity contribution in [1.82, 2.24) is 15.1 Å². The molecule has 18 heavy (non-hydrogen) atoms. The zero-order valence-corrected chi connectivity index (χ0v) is 12.6. The minimum atomic E-state index is 0.614. The molecule has 1 N–H and O–H groups in total. The smallest absolute Gasteiger partial charge is 0.169 e. The van der Waals surface area contributed by atoms with Crippen LogP contribution < -0.4 is 5.32 Å². The van der Waals surface area contributed by atoms with Gasteiger partial charge >= 0.3 is 0 Å². The maximum Gasteiger partial charge on any atom is 0.169 e. The number of nitrogens with zero attached hydrogens (tertiary/aromatic N) is 2. The van der Waals surface area contributed by atoms with Crippen LogP contribution in [0.1, 0.15) is 44.9 Å². The number of thiocarbonyl (C=S) groups is 1. The van der Waals surface area contributed by atoms with Gasteiger partial charge in [0.15, 0.2) is 5.11 Å². The highest BCUT2D eigenvalue weighted by molar-refractivity contribution is 7.80. The molecule has 1 unspecified atom stereocenters. The van der Waals surface area contributed by atoms with Crippen LogP contribution in [-0.4, -0.2) is 54.2 Å². The highest BCUT2D eigenvalue weighted by Crippen LogP contribution is 2.21. The van der Waals surface area contributed by atoms with Crippen molar-refractivity contribution in [2.24, 2.45) is 0 Å². The third-order valence-electron chi connectivity index (χ3n) is 4.15. The first-order chi connectivity index (χ1) is 8.66. The standard InChI is InChI=1S/C14H27N3S/c1-16(2)11-13-9-6-10-17(13)14(18)15-12-7-4-3-5-8-12/h12-13H,3-11H2,1-2H3,(H,15,18). The molecule has 1 atom stereocenters. The second-order valence-electron chi connectivity index (χ2n) is 6.04. The van der Waals surface area contributed by atoms with Crippen LogP contribution in [0.5, 0.6) is 0 Å². The van der Waals surface area contributed by atoms with Gasteiger partial charge < -0.3 is 15.1 Å². The van der Waals surface area contributed by atoms with Gasteiger partial charge in [-0.15, -0.1) is 0 Å². The van der Waals surface area contributed by atoms with Gasteiger partial charge in [0.2, 0.25) is 0 Å². The zero-order valence-electron chi connectivity index (χ0n) is 11.8. The second-order valence-corrected chi connectivity index (χ2v) is 6.42. The van der Waals surface area contributed by atoms with Crippen molar-refractivity contribution in [1.29, 1.82) is 0 Å². The topological polar surface area (TPSA) is 18.5 Å². The molecule has 0 bridgehead atoms. The molecule has 0 aromatic carbocycles. The molecule has 0 amide bonds. The molecule has 2 rings (SSSR count). The van der Waals surface area contributed by atoms with Gasteiger partial charge in [-0.2, -0.15) is 0 Å². The van der Waals surface area contributed by atoms with Crippen LogP contribution in [0, 0.1) is 0 Å². The van der Waals surface area contributed by atoms with Gasteiger partial charge in [-0.3, -0.25) is 0 Å². The number of hydrogen-bond acceptors (Lipinski definition) is 2. The van der Waals surface area contributed by atoms with E-state index in [1.165, 1.54) is 44.9 Å². The van der Waals surface area contributed by atoms with Crippen LogP contribution in [0.4, 0.5) is 0 Å². The van der Waals surface area contributed by atoms with Crippen molar-refractivity contribution < 1.29 is 0 Å². The number of likely N-dealkylation sites (N-methyl/N-ethyl adjacent to an activating group) is 1. The first-order valence-electron chi connectivity index (χ1n) is 7.38. The highest BCUT2D eigenvalue weighted by atomic mass is 32.1. The molecule has 1 aliphatic heterocycles. The van der Waals surface area contributed by atoms with Crippen molar-refractivity contribution in [2.75, 3.05) is 27.2 Å². The predicted octanol–water partition coefficient (Wildman–Crippen LogP) is 2.22. The van der Waals surface area contributed by atoms with Gasteiger partial charge in [0.1, 0.15) is 0 Å². The fourth-order valence-corrected chi connectivity index (χ4v) is 3.63. The molecular weight excluding hydrogens is 242 g/mol. The summed E-state index contributed by atoms with van der Waals surface area (Å²) in [5.74, 6) is 0. The molecule has 2 aliphatic rings. The van der Waals surface area contributed by atoms with E-state index >= 15 is 0 Å². The Morgan fingerprint density at radius 3 is 2.56 bits per heavy atom. The summed E-state index contributed by atoms with van der Waals surface area (Å²) in [5, 5.41) is 4.61. The molecule has 2 fully saturated rings. The van der Waals surface area contributed by atoms with Gasteiger partial charge in [0.05, 0.1) is 0 Å². The summed E-state index contributed by atoms with van der Waals surface area (Å²) in [6, 6.07) is 1.25. The van der Waals surface area contributed by atoms with E-state index in [4.69, 9.17) is 12.2 Å². The predicted molar refractivity (Wildman–Crippen MR) is 80.9 cm³/mol. The van der Waals surface area contributed by atoms with E-state index in [9.17, 15) is 0 Å². The van der Waals surface area contributed by atoms with E-state index < -0.39 is 0 Å². The Bertz CT molecular complexity index is 274. The van der Waals surface area contributed by atoms with E-state index in [0.29, 0.717) is 12.1 Å². The summed E-state index contributed by atoms with van der Waals surface area (Å²) in [6.07, 6.45) is 9.29. The quantitative estimate of drug-likeness (QED) is 0.792. The minimum Gasteiger partial charge on any atom is -0.360 e. The Morgan fingerprint density at radius 1 is 1.17 bits per heavy atom. The van der Waals surface area contributed by atoms with E-state index in [1.807, 2.05) is 0 Å². The summed E-state index contributed by atoms with van der Waals surface area (Å²) in [5.41, 5.74) is 0. The molecule has 104 valence electrons. The van der Waals surface area contributed by atoms with Crippen molar-refractivity contribution >= 4 is 17.3 Å². The van der Waals surface area contributed by atoms with Gasteiger partial charge in [-0.1, -0.05) is 19.3 Å². The first-order valence-corrected chi connectivity index (χ1v) is 7.79. The molecular formula is C14H27N3S. The van der Waals surface area contributed by atoms with Crippen molar-refractivity contribution in [3.05, 3.63) is 0 Å². The number of rotatable bonds is 3. The van der Waals surface area contributed by atoms with Crippen LogP contribution >= 0.6 is 12.2 Å². The number of nitrogens with one attached hydrogen (secondary N) is 1. The first kappa shape index (κ1) is 14.1.